The summed E-state index contributed by atoms with van der Waals surface area (Å²) in [5.41, 5.74) is 0.947. The smallest absolute Gasteiger partial charge is 0.294 e. The molecule has 0 unspecified atom stereocenters. The molecular weight excluding hydrogens is 196 g/mol. The van der Waals surface area contributed by atoms with E-state index < -0.39 is 0 Å². The molecule has 0 radical (unpaired) electrons. The molecule has 7 heteroatoms. The highest BCUT2D eigenvalue weighted by Crippen LogP contribution is 2.11. The molecule has 0 aliphatic heterocycles. The number of anilines is 1. The number of H-pyrrole nitrogens is 2. The minimum absolute atomic E-state index is 0.173. The second-order valence-corrected chi connectivity index (χ2v) is 2.91. The van der Waals surface area contributed by atoms with Gasteiger partial charge in [-0.25, -0.2) is 4.98 Å². The number of carbonyl (C=O) groups is 1. The van der Waals surface area contributed by atoms with Crippen LogP contribution < -0.4 is 5.32 Å². The summed E-state index contributed by atoms with van der Waals surface area (Å²) in [7, 11) is 0. The van der Waals surface area contributed by atoms with Crippen molar-refractivity contribution in [1.82, 2.24) is 25.4 Å². The molecule has 0 aliphatic carbocycles. The minimum atomic E-state index is -0.341. The summed E-state index contributed by atoms with van der Waals surface area (Å²) in [5.74, 6) is 0.428. The van der Waals surface area contributed by atoms with Crippen molar-refractivity contribution in [1.29, 1.82) is 0 Å². The number of nitrogens with zero attached hydrogens (tertiary/aromatic N) is 3. The molecule has 1 amide bonds. The molecule has 0 aliphatic rings. The SMILES string of the molecule is CCc1cn[nH]c1NC(=O)c1ncn[nH]1. The normalized spacial score (nSPS) is 10.2. The summed E-state index contributed by atoms with van der Waals surface area (Å²) >= 11 is 0. The molecule has 0 fully saturated rings. The van der Waals surface area contributed by atoms with Crippen LogP contribution >= 0.6 is 0 Å². The number of rotatable bonds is 3. The van der Waals surface area contributed by atoms with E-state index in [4.69, 9.17) is 0 Å². The molecule has 3 N–H and O–H groups in total. The number of nitrogens with one attached hydrogen (secondary N) is 3. The summed E-state index contributed by atoms with van der Waals surface area (Å²) in [5, 5.41) is 15.3. The van der Waals surface area contributed by atoms with Gasteiger partial charge in [0.1, 0.15) is 12.1 Å². The van der Waals surface area contributed by atoms with Crippen molar-refractivity contribution < 1.29 is 4.79 Å². The van der Waals surface area contributed by atoms with Gasteiger partial charge in [0.25, 0.3) is 5.91 Å². The summed E-state index contributed by atoms with van der Waals surface area (Å²) in [6.45, 7) is 1.98. The molecule has 0 spiro atoms. The Morgan fingerprint density at radius 2 is 2.33 bits per heavy atom. The van der Waals surface area contributed by atoms with Gasteiger partial charge < -0.3 is 5.32 Å². The third kappa shape index (κ3) is 1.85. The Morgan fingerprint density at radius 1 is 1.47 bits per heavy atom. The van der Waals surface area contributed by atoms with Crippen LogP contribution in [-0.2, 0) is 6.42 Å². The Labute approximate surface area is 85.3 Å². The van der Waals surface area contributed by atoms with Gasteiger partial charge in [-0.1, -0.05) is 6.92 Å². The van der Waals surface area contributed by atoms with Crippen LogP contribution in [0.25, 0.3) is 0 Å². The molecule has 0 saturated carbocycles. The van der Waals surface area contributed by atoms with Gasteiger partial charge in [-0.2, -0.15) is 10.2 Å². The Morgan fingerprint density at radius 3 is 3.00 bits per heavy atom. The molecular formula is C8H10N6O. The van der Waals surface area contributed by atoms with Crippen molar-refractivity contribution in [2.45, 2.75) is 13.3 Å². The predicted molar refractivity (Wildman–Crippen MR) is 52.3 cm³/mol. The van der Waals surface area contributed by atoms with Crippen LogP contribution in [0.1, 0.15) is 23.1 Å². The predicted octanol–water partition coefficient (Wildman–Crippen LogP) is 0.342. The quantitative estimate of drug-likeness (QED) is 0.674. The van der Waals surface area contributed by atoms with Crippen LogP contribution in [0.4, 0.5) is 5.82 Å². The number of aromatic nitrogens is 5. The highest BCUT2D eigenvalue weighted by Gasteiger charge is 2.11. The highest BCUT2D eigenvalue weighted by atomic mass is 16.2. The lowest BCUT2D eigenvalue weighted by Gasteiger charge is -2.01. The van der Waals surface area contributed by atoms with Crippen molar-refractivity contribution in [2.24, 2.45) is 0 Å². The maximum atomic E-state index is 11.5. The fraction of sp³-hybridized carbons (Fsp3) is 0.250. The lowest BCUT2D eigenvalue weighted by molar-refractivity contribution is 0.101. The van der Waals surface area contributed by atoms with E-state index in [0.29, 0.717) is 5.82 Å². The van der Waals surface area contributed by atoms with Crippen molar-refractivity contribution in [3.05, 3.63) is 23.9 Å². The summed E-state index contributed by atoms with van der Waals surface area (Å²) in [6.07, 6.45) is 3.75. The van der Waals surface area contributed by atoms with E-state index in [1.54, 1.807) is 6.20 Å². The van der Waals surface area contributed by atoms with E-state index in [9.17, 15) is 4.79 Å². The number of aromatic amines is 2. The fourth-order valence-electron chi connectivity index (χ4n) is 1.18. The van der Waals surface area contributed by atoms with E-state index >= 15 is 0 Å². The van der Waals surface area contributed by atoms with Gasteiger partial charge in [-0.05, 0) is 6.42 Å². The fourth-order valence-corrected chi connectivity index (χ4v) is 1.18. The van der Waals surface area contributed by atoms with Crippen molar-refractivity contribution >= 4 is 11.7 Å². The monoisotopic (exact) mass is 206 g/mol. The molecule has 7 nitrogen and oxygen atoms in total. The third-order valence-corrected chi connectivity index (χ3v) is 1.97. The second-order valence-electron chi connectivity index (χ2n) is 2.91. The van der Waals surface area contributed by atoms with Crippen LogP contribution in [-0.4, -0.2) is 31.3 Å². The number of hydrogen-bond donors (Lipinski definition) is 3. The zero-order valence-electron chi connectivity index (χ0n) is 8.11. The zero-order valence-corrected chi connectivity index (χ0v) is 8.11. The van der Waals surface area contributed by atoms with E-state index in [1.165, 1.54) is 6.33 Å². The van der Waals surface area contributed by atoms with Crippen molar-refractivity contribution in [2.75, 3.05) is 5.32 Å². The molecule has 2 rings (SSSR count). The van der Waals surface area contributed by atoms with Crippen molar-refractivity contribution in [3.8, 4) is 0 Å². The van der Waals surface area contributed by atoms with Crippen LogP contribution in [0.15, 0.2) is 12.5 Å². The van der Waals surface area contributed by atoms with E-state index in [0.717, 1.165) is 12.0 Å². The van der Waals surface area contributed by atoms with E-state index in [2.05, 4.69) is 30.7 Å². The van der Waals surface area contributed by atoms with Gasteiger partial charge in [-0.3, -0.25) is 15.0 Å². The van der Waals surface area contributed by atoms with Crippen LogP contribution in [0.2, 0.25) is 0 Å². The number of aryl methyl sites for hydroxylation is 1. The molecule has 15 heavy (non-hydrogen) atoms. The molecule has 0 saturated heterocycles. The van der Waals surface area contributed by atoms with Gasteiger partial charge in [-0.15, -0.1) is 0 Å². The maximum Gasteiger partial charge on any atom is 0.294 e. The highest BCUT2D eigenvalue weighted by molar-refractivity contribution is 6.01. The lowest BCUT2D eigenvalue weighted by atomic mass is 10.2. The van der Waals surface area contributed by atoms with Gasteiger partial charge in [0.05, 0.1) is 6.20 Å². The first-order valence-electron chi connectivity index (χ1n) is 4.50. The van der Waals surface area contributed by atoms with E-state index in [-0.39, 0.29) is 11.7 Å². The minimum Gasteiger partial charge on any atom is -0.304 e. The molecule has 2 aromatic rings. The van der Waals surface area contributed by atoms with Gasteiger partial charge in [0, 0.05) is 5.56 Å². The average molecular weight is 206 g/mol. The van der Waals surface area contributed by atoms with Gasteiger partial charge in [0.2, 0.25) is 5.82 Å². The van der Waals surface area contributed by atoms with E-state index in [1.807, 2.05) is 6.92 Å². The van der Waals surface area contributed by atoms with Crippen LogP contribution in [0.5, 0.6) is 0 Å². The summed E-state index contributed by atoms with van der Waals surface area (Å²) in [6, 6.07) is 0. The molecule has 2 heterocycles. The zero-order chi connectivity index (χ0) is 10.7. The Hall–Kier alpha value is -2.18. The molecule has 0 aromatic carbocycles. The Balaban J connectivity index is 2.13. The molecule has 78 valence electrons. The topological polar surface area (TPSA) is 99.3 Å². The first kappa shape index (κ1) is 9.38. The van der Waals surface area contributed by atoms with Crippen LogP contribution in [0, 0.1) is 0 Å². The molecule has 0 bridgehead atoms. The van der Waals surface area contributed by atoms with Crippen LogP contribution in [0.3, 0.4) is 0 Å². The average Bonchev–Trinajstić information content (AvgIpc) is 2.87. The number of carbonyl (C=O) groups excluding carboxylic acids is 1. The summed E-state index contributed by atoms with van der Waals surface area (Å²) in [4.78, 5) is 15.3. The maximum absolute atomic E-state index is 11.5. The first-order valence-corrected chi connectivity index (χ1v) is 4.50. The molecule has 0 atom stereocenters. The largest absolute Gasteiger partial charge is 0.304 e. The Kier molecular flexibility index (Phi) is 2.44. The molecule has 2 aromatic heterocycles. The van der Waals surface area contributed by atoms with Gasteiger partial charge in [0.15, 0.2) is 0 Å². The number of hydrogen-bond acceptors (Lipinski definition) is 4. The number of amides is 1. The summed E-state index contributed by atoms with van der Waals surface area (Å²) < 4.78 is 0. The first-order chi connectivity index (χ1) is 7.31. The second kappa shape index (κ2) is 3.91. The lowest BCUT2D eigenvalue weighted by Crippen LogP contribution is -2.15. The van der Waals surface area contributed by atoms with Crippen molar-refractivity contribution in [3.63, 3.8) is 0 Å². The standard InChI is InChI=1S/C8H10N6O/c1-2-5-3-10-13-6(5)12-8(15)7-9-4-11-14-7/h3-4H,2H2,1H3,(H,9,11,14)(H2,10,12,13,15). The Bertz CT molecular complexity index is 445. The third-order valence-electron chi connectivity index (χ3n) is 1.97. The van der Waals surface area contributed by atoms with Gasteiger partial charge >= 0.3 is 0 Å².